The molecule has 1 spiro atoms. The summed E-state index contributed by atoms with van der Waals surface area (Å²) in [4.78, 5) is 25.6. The van der Waals surface area contributed by atoms with Crippen LogP contribution in [0.4, 0.5) is 0 Å². The van der Waals surface area contributed by atoms with Crippen molar-refractivity contribution in [2.24, 2.45) is 0 Å². The van der Waals surface area contributed by atoms with Gasteiger partial charge in [0.2, 0.25) is 0 Å². The highest BCUT2D eigenvalue weighted by Crippen LogP contribution is 2.56. The number of nitrogens with zero attached hydrogens (tertiary/aromatic N) is 1. The highest BCUT2D eigenvalue weighted by Gasteiger charge is 2.79. The third kappa shape index (κ3) is 1.32. The monoisotopic (exact) mass is 278 g/mol. The Kier molecular flexibility index (Phi) is 2.19. The number of hydrogen-bond donors (Lipinski definition) is 0. The fourth-order valence-electron chi connectivity index (χ4n) is 3.60. The second-order valence-electron chi connectivity index (χ2n) is 6.26. The van der Waals surface area contributed by atoms with Crippen molar-refractivity contribution < 1.29 is 14.1 Å². The smallest absolute Gasteiger partial charge is 0.225 e. The number of quaternary nitrogens is 1. The highest BCUT2D eigenvalue weighted by atomic mass is 16.2. The van der Waals surface area contributed by atoms with E-state index in [2.05, 4.69) is 0 Å². The Labute approximate surface area is 123 Å². The van der Waals surface area contributed by atoms with Gasteiger partial charge in [0.15, 0.2) is 12.1 Å². The normalized spacial score (nSPS) is 25.2. The summed E-state index contributed by atoms with van der Waals surface area (Å²) in [5.41, 5.74) is 2.94. The second kappa shape index (κ2) is 3.68. The summed E-state index contributed by atoms with van der Waals surface area (Å²) in [5.74, 6) is -0.114. The molecule has 0 bridgehead atoms. The molecule has 2 aliphatic heterocycles. The standard InChI is InChI=1S/C18H16NO2/c1-12-7-9-13(10-8-12)18(2)11-19(18)16(20)14-5-3-4-6-15(14)17(19)21/h3-10H,11H2,1-2H3/q+1. The predicted octanol–water partition coefficient (Wildman–Crippen LogP) is 3.03. The van der Waals surface area contributed by atoms with Crippen LogP contribution in [0.2, 0.25) is 0 Å². The van der Waals surface area contributed by atoms with Gasteiger partial charge in [0.25, 0.3) is 0 Å². The highest BCUT2D eigenvalue weighted by molar-refractivity contribution is 6.15. The van der Waals surface area contributed by atoms with E-state index >= 15 is 0 Å². The third-order valence-electron chi connectivity index (χ3n) is 5.04. The summed E-state index contributed by atoms with van der Waals surface area (Å²) in [5, 5.41) is 0. The Morgan fingerprint density at radius 3 is 1.95 bits per heavy atom. The maximum atomic E-state index is 12.8. The van der Waals surface area contributed by atoms with Gasteiger partial charge in [-0.15, -0.1) is 0 Å². The molecule has 1 unspecified atom stereocenters. The SMILES string of the molecule is Cc1ccc(C2(C)C[N+]23C(=O)c2ccccc2C3=O)cc1. The van der Waals surface area contributed by atoms with Gasteiger partial charge < -0.3 is 0 Å². The number of imide groups is 1. The van der Waals surface area contributed by atoms with Gasteiger partial charge in [0, 0.05) is 12.5 Å². The molecule has 104 valence electrons. The molecule has 3 nitrogen and oxygen atoms in total. The fraction of sp³-hybridized carbons (Fsp3) is 0.222. The van der Waals surface area contributed by atoms with Crippen molar-refractivity contribution >= 4 is 11.8 Å². The summed E-state index contributed by atoms with van der Waals surface area (Å²) >= 11 is 0. The van der Waals surface area contributed by atoms with Gasteiger partial charge in [-0.25, -0.2) is 9.59 Å². The molecule has 2 amide bonds. The molecule has 0 saturated carbocycles. The lowest BCUT2D eigenvalue weighted by Crippen LogP contribution is -2.38. The fourth-order valence-corrected chi connectivity index (χ4v) is 3.60. The lowest BCUT2D eigenvalue weighted by Gasteiger charge is -2.15. The van der Waals surface area contributed by atoms with Crippen LogP contribution in [-0.4, -0.2) is 22.8 Å². The summed E-state index contributed by atoms with van der Waals surface area (Å²) in [6.07, 6.45) is 0. The number of fused-ring (bicyclic) bond motifs is 1. The number of rotatable bonds is 1. The zero-order valence-corrected chi connectivity index (χ0v) is 12.1. The van der Waals surface area contributed by atoms with E-state index in [0.29, 0.717) is 17.7 Å². The first-order valence-electron chi connectivity index (χ1n) is 7.15. The number of benzene rings is 2. The molecule has 3 heteroatoms. The Morgan fingerprint density at radius 1 is 0.905 bits per heavy atom. The maximum absolute atomic E-state index is 12.8. The quantitative estimate of drug-likeness (QED) is 0.456. The first-order chi connectivity index (χ1) is 10.0. The molecule has 2 aromatic rings. The van der Waals surface area contributed by atoms with E-state index in [0.717, 1.165) is 5.56 Å². The molecule has 1 fully saturated rings. The molecule has 4 rings (SSSR count). The first kappa shape index (κ1) is 12.5. The zero-order chi connectivity index (χ0) is 14.8. The molecule has 0 aliphatic carbocycles. The van der Waals surface area contributed by atoms with E-state index in [1.807, 2.05) is 50.2 Å². The van der Waals surface area contributed by atoms with Crippen LogP contribution in [0, 0.1) is 6.92 Å². The molecular weight excluding hydrogens is 262 g/mol. The molecule has 21 heavy (non-hydrogen) atoms. The van der Waals surface area contributed by atoms with Crippen molar-refractivity contribution in [1.29, 1.82) is 0 Å². The Balaban J connectivity index is 1.84. The van der Waals surface area contributed by atoms with E-state index in [1.54, 1.807) is 12.1 Å². The minimum Gasteiger partial charge on any atom is -0.225 e. The Bertz CT molecular complexity index is 756. The van der Waals surface area contributed by atoms with Gasteiger partial charge in [-0.2, -0.15) is 4.48 Å². The van der Waals surface area contributed by atoms with E-state index in [1.165, 1.54) is 5.56 Å². The van der Waals surface area contributed by atoms with Crippen molar-refractivity contribution in [1.82, 2.24) is 0 Å². The minimum atomic E-state index is -0.430. The number of carbonyl (C=O) groups excluding carboxylic acids is 2. The van der Waals surface area contributed by atoms with Crippen LogP contribution in [0.1, 0.15) is 38.8 Å². The van der Waals surface area contributed by atoms with E-state index < -0.39 is 5.54 Å². The number of aryl methyl sites for hydroxylation is 1. The molecule has 2 aliphatic rings. The number of hydrogen-bond acceptors (Lipinski definition) is 2. The Morgan fingerprint density at radius 2 is 1.43 bits per heavy atom. The van der Waals surface area contributed by atoms with Crippen LogP contribution in [0.15, 0.2) is 48.5 Å². The van der Waals surface area contributed by atoms with Gasteiger partial charge in [0.1, 0.15) is 0 Å². The van der Waals surface area contributed by atoms with Gasteiger partial charge in [0.05, 0.1) is 11.1 Å². The lowest BCUT2D eigenvalue weighted by molar-refractivity contribution is -0.654. The average Bonchev–Trinajstić information content (AvgIpc) is 3.09. The molecule has 0 radical (unpaired) electrons. The third-order valence-corrected chi connectivity index (χ3v) is 5.04. The largest absolute Gasteiger partial charge is 0.355 e. The second-order valence-corrected chi connectivity index (χ2v) is 6.26. The molecular formula is C18H16NO2+. The number of amides is 2. The van der Waals surface area contributed by atoms with Crippen LogP contribution < -0.4 is 0 Å². The molecule has 2 heterocycles. The van der Waals surface area contributed by atoms with Crippen LogP contribution in [0.5, 0.6) is 0 Å². The average molecular weight is 278 g/mol. The summed E-state index contributed by atoms with van der Waals surface area (Å²) in [7, 11) is 0. The molecule has 0 aromatic heterocycles. The predicted molar refractivity (Wildman–Crippen MR) is 78.8 cm³/mol. The van der Waals surface area contributed by atoms with Crippen molar-refractivity contribution in [3.63, 3.8) is 0 Å². The topological polar surface area (TPSA) is 34.1 Å². The van der Waals surface area contributed by atoms with Crippen molar-refractivity contribution in [3.05, 3.63) is 70.8 Å². The van der Waals surface area contributed by atoms with Crippen LogP contribution in [0.3, 0.4) is 0 Å². The van der Waals surface area contributed by atoms with E-state index in [9.17, 15) is 9.59 Å². The zero-order valence-electron chi connectivity index (χ0n) is 12.1. The molecule has 2 aromatic carbocycles. The van der Waals surface area contributed by atoms with Gasteiger partial charge in [-0.3, -0.25) is 0 Å². The van der Waals surface area contributed by atoms with E-state index in [4.69, 9.17) is 0 Å². The van der Waals surface area contributed by atoms with Gasteiger partial charge in [-0.1, -0.05) is 42.0 Å². The summed E-state index contributed by atoms with van der Waals surface area (Å²) in [6, 6.07) is 15.3. The molecule has 1 atom stereocenters. The molecule has 0 N–H and O–H groups in total. The summed E-state index contributed by atoms with van der Waals surface area (Å²) in [6.45, 7) is 4.60. The van der Waals surface area contributed by atoms with Crippen molar-refractivity contribution in [2.75, 3.05) is 6.54 Å². The summed E-state index contributed by atoms with van der Waals surface area (Å²) < 4.78 is -0.0740. The van der Waals surface area contributed by atoms with Crippen molar-refractivity contribution in [2.45, 2.75) is 19.4 Å². The number of carbonyl (C=O) groups is 2. The molecule has 1 saturated heterocycles. The minimum absolute atomic E-state index is 0.0568. The van der Waals surface area contributed by atoms with Gasteiger partial charge >= 0.3 is 11.8 Å². The van der Waals surface area contributed by atoms with Crippen LogP contribution >= 0.6 is 0 Å². The van der Waals surface area contributed by atoms with Crippen molar-refractivity contribution in [3.8, 4) is 0 Å². The Hall–Kier alpha value is -2.26. The van der Waals surface area contributed by atoms with Crippen LogP contribution in [-0.2, 0) is 5.54 Å². The van der Waals surface area contributed by atoms with E-state index in [-0.39, 0.29) is 16.3 Å². The first-order valence-corrected chi connectivity index (χ1v) is 7.15. The van der Waals surface area contributed by atoms with Gasteiger partial charge in [-0.05, 0) is 19.1 Å². The maximum Gasteiger partial charge on any atom is 0.355 e. The lowest BCUT2D eigenvalue weighted by atomic mass is 9.99. The van der Waals surface area contributed by atoms with Crippen LogP contribution in [0.25, 0.3) is 0 Å².